The fraction of sp³-hybridized carbons (Fsp3) is 0.273. The van der Waals surface area contributed by atoms with Crippen LogP contribution in [0.25, 0.3) is 5.57 Å². The molecular weight excluding hydrogens is 372 g/mol. The van der Waals surface area contributed by atoms with Gasteiger partial charge >= 0.3 is 0 Å². The zero-order valence-electron chi connectivity index (χ0n) is 16.9. The number of methoxy groups -OCH3 is 3. The molecule has 0 saturated heterocycles. The topological polar surface area (TPSA) is 77.1 Å². The van der Waals surface area contributed by atoms with Crippen LogP contribution < -0.4 is 14.8 Å². The Balaban J connectivity index is 2.06. The van der Waals surface area contributed by atoms with Gasteiger partial charge in [-0.1, -0.05) is 29.8 Å². The highest BCUT2D eigenvalue weighted by molar-refractivity contribution is 6.36. The van der Waals surface area contributed by atoms with Gasteiger partial charge in [-0.25, -0.2) is 0 Å². The van der Waals surface area contributed by atoms with Crippen LogP contribution in [0.1, 0.15) is 11.1 Å². The zero-order valence-corrected chi connectivity index (χ0v) is 16.9. The molecule has 29 heavy (non-hydrogen) atoms. The molecular formula is C22H24N2O5. The van der Waals surface area contributed by atoms with Crippen molar-refractivity contribution in [3.05, 3.63) is 59.3 Å². The average molecular weight is 396 g/mol. The molecule has 2 amide bonds. The number of hydrogen-bond donors (Lipinski definition) is 1. The van der Waals surface area contributed by atoms with E-state index in [0.717, 1.165) is 5.56 Å². The number of imide groups is 1. The molecule has 2 aromatic rings. The van der Waals surface area contributed by atoms with Crippen molar-refractivity contribution in [2.75, 3.05) is 39.8 Å². The van der Waals surface area contributed by atoms with Crippen molar-refractivity contribution in [1.82, 2.24) is 4.90 Å². The Hall–Kier alpha value is -3.32. The first-order valence-corrected chi connectivity index (χ1v) is 9.15. The van der Waals surface area contributed by atoms with Gasteiger partial charge in [0.25, 0.3) is 11.8 Å². The second-order valence-corrected chi connectivity index (χ2v) is 6.56. The molecule has 0 radical (unpaired) electrons. The van der Waals surface area contributed by atoms with Crippen molar-refractivity contribution < 1.29 is 23.8 Å². The molecule has 0 spiro atoms. The van der Waals surface area contributed by atoms with Gasteiger partial charge in [-0.2, -0.15) is 0 Å². The second-order valence-electron chi connectivity index (χ2n) is 6.56. The maximum absolute atomic E-state index is 13.1. The summed E-state index contributed by atoms with van der Waals surface area (Å²) >= 11 is 0. The predicted molar refractivity (Wildman–Crippen MR) is 110 cm³/mol. The number of aryl methyl sites for hydroxylation is 1. The molecule has 0 fully saturated rings. The molecule has 1 heterocycles. The van der Waals surface area contributed by atoms with Crippen LogP contribution in [0.4, 0.5) is 5.69 Å². The molecule has 0 unspecified atom stereocenters. The van der Waals surface area contributed by atoms with Crippen LogP contribution in [0.5, 0.6) is 11.5 Å². The fourth-order valence-electron chi connectivity index (χ4n) is 3.10. The number of benzene rings is 2. The van der Waals surface area contributed by atoms with Gasteiger partial charge in [0.15, 0.2) is 0 Å². The highest BCUT2D eigenvalue weighted by Crippen LogP contribution is 2.35. The third-order valence-electron chi connectivity index (χ3n) is 4.70. The molecule has 3 rings (SSSR count). The molecule has 7 heteroatoms. The van der Waals surface area contributed by atoms with Crippen molar-refractivity contribution in [3.63, 3.8) is 0 Å². The van der Waals surface area contributed by atoms with Gasteiger partial charge in [-0.3, -0.25) is 14.5 Å². The summed E-state index contributed by atoms with van der Waals surface area (Å²) < 4.78 is 15.7. The second kappa shape index (κ2) is 8.79. The molecule has 1 aliphatic heterocycles. The highest BCUT2D eigenvalue weighted by atomic mass is 16.5. The molecule has 7 nitrogen and oxygen atoms in total. The Morgan fingerprint density at radius 2 is 1.66 bits per heavy atom. The molecule has 0 saturated carbocycles. The lowest BCUT2D eigenvalue weighted by atomic mass is 10.0. The molecule has 2 aromatic carbocycles. The number of nitrogens with zero attached hydrogens (tertiary/aromatic N) is 1. The lowest BCUT2D eigenvalue weighted by molar-refractivity contribution is -0.137. The van der Waals surface area contributed by atoms with Gasteiger partial charge in [0.2, 0.25) is 0 Å². The monoisotopic (exact) mass is 396 g/mol. The number of rotatable bonds is 8. The maximum Gasteiger partial charge on any atom is 0.278 e. The summed E-state index contributed by atoms with van der Waals surface area (Å²) in [5.41, 5.74) is 2.82. The van der Waals surface area contributed by atoms with Crippen molar-refractivity contribution in [2.45, 2.75) is 6.92 Å². The van der Waals surface area contributed by atoms with Crippen molar-refractivity contribution >= 4 is 23.1 Å². The van der Waals surface area contributed by atoms with E-state index in [1.54, 1.807) is 25.3 Å². The number of ether oxygens (including phenoxy) is 3. The average Bonchev–Trinajstić information content (AvgIpc) is 2.96. The first kappa shape index (κ1) is 20.4. The standard InChI is InChI=1S/C22H24N2O5/c1-14-5-7-15(8-6-14)19-20(22(26)24(21(19)25)11-12-27-2)23-17-10-9-16(28-3)13-18(17)29-4/h5-10,13,23H,11-12H2,1-4H3. The number of carbonyl (C=O) groups is 2. The number of anilines is 1. The molecule has 1 N–H and O–H groups in total. The molecule has 0 aromatic heterocycles. The minimum absolute atomic E-state index is 0.175. The van der Waals surface area contributed by atoms with Crippen molar-refractivity contribution in [1.29, 1.82) is 0 Å². The van der Waals surface area contributed by atoms with Crippen LogP contribution in [-0.4, -0.2) is 51.2 Å². The van der Waals surface area contributed by atoms with Crippen LogP contribution in [0.2, 0.25) is 0 Å². The van der Waals surface area contributed by atoms with Gasteiger partial charge in [0, 0.05) is 13.2 Å². The first-order valence-electron chi connectivity index (χ1n) is 9.15. The summed E-state index contributed by atoms with van der Waals surface area (Å²) in [6, 6.07) is 12.7. The Labute approximate surface area is 169 Å². The van der Waals surface area contributed by atoms with Crippen LogP contribution in [-0.2, 0) is 14.3 Å². The fourth-order valence-corrected chi connectivity index (χ4v) is 3.10. The number of nitrogens with one attached hydrogen (secondary N) is 1. The van der Waals surface area contributed by atoms with Crippen LogP contribution in [0, 0.1) is 6.92 Å². The molecule has 1 aliphatic rings. The lowest BCUT2D eigenvalue weighted by Gasteiger charge is -2.15. The summed E-state index contributed by atoms with van der Waals surface area (Å²) in [6.45, 7) is 2.40. The number of hydrogen-bond acceptors (Lipinski definition) is 6. The van der Waals surface area contributed by atoms with E-state index in [1.807, 2.05) is 31.2 Å². The van der Waals surface area contributed by atoms with E-state index in [0.29, 0.717) is 28.3 Å². The predicted octanol–water partition coefficient (Wildman–Crippen LogP) is 2.85. The Kier molecular flexibility index (Phi) is 6.19. The van der Waals surface area contributed by atoms with Crippen molar-refractivity contribution in [3.8, 4) is 11.5 Å². The van der Waals surface area contributed by atoms with Gasteiger partial charge in [-0.05, 0) is 24.6 Å². The van der Waals surface area contributed by atoms with E-state index in [1.165, 1.54) is 19.1 Å². The van der Waals surface area contributed by atoms with E-state index < -0.39 is 5.91 Å². The van der Waals surface area contributed by atoms with Gasteiger partial charge in [0.1, 0.15) is 17.2 Å². The minimum Gasteiger partial charge on any atom is -0.497 e. The summed E-state index contributed by atoms with van der Waals surface area (Å²) in [4.78, 5) is 27.3. The molecule has 152 valence electrons. The summed E-state index contributed by atoms with van der Waals surface area (Å²) in [6.07, 6.45) is 0. The molecule has 0 aliphatic carbocycles. The Bertz CT molecular complexity index is 950. The van der Waals surface area contributed by atoms with E-state index in [4.69, 9.17) is 14.2 Å². The summed E-state index contributed by atoms with van der Waals surface area (Å²) in [5, 5.41) is 3.11. The van der Waals surface area contributed by atoms with Crippen LogP contribution >= 0.6 is 0 Å². The Morgan fingerprint density at radius 1 is 0.931 bits per heavy atom. The van der Waals surface area contributed by atoms with E-state index in [9.17, 15) is 9.59 Å². The molecule has 0 atom stereocenters. The first-order chi connectivity index (χ1) is 14.0. The SMILES string of the molecule is COCCN1C(=O)C(Nc2ccc(OC)cc2OC)=C(c2ccc(C)cc2)C1=O. The minimum atomic E-state index is -0.402. The van der Waals surface area contributed by atoms with E-state index in [2.05, 4.69) is 5.32 Å². The number of carbonyl (C=O) groups excluding carboxylic acids is 2. The van der Waals surface area contributed by atoms with E-state index in [-0.39, 0.29) is 24.8 Å². The quantitative estimate of drug-likeness (QED) is 0.692. The lowest BCUT2D eigenvalue weighted by Crippen LogP contribution is -2.35. The zero-order chi connectivity index (χ0) is 21.0. The number of amides is 2. The van der Waals surface area contributed by atoms with Gasteiger partial charge in [0.05, 0.1) is 38.6 Å². The van der Waals surface area contributed by atoms with Gasteiger partial charge < -0.3 is 19.5 Å². The highest BCUT2D eigenvalue weighted by Gasteiger charge is 2.39. The largest absolute Gasteiger partial charge is 0.497 e. The summed E-state index contributed by atoms with van der Waals surface area (Å²) in [5.74, 6) is 0.359. The molecule has 0 bridgehead atoms. The normalized spacial score (nSPS) is 13.9. The smallest absolute Gasteiger partial charge is 0.278 e. The van der Waals surface area contributed by atoms with Crippen LogP contribution in [0.15, 0.2) is 48.2 Å². The van der Waals surface area contributed by atoms with Gasteiger partial charge in [-0.15, -0.1) is 0 Å². The third-order valence-corrected chi connectivity index (χ3v) is 4.70. The Morgan fingerprint density at radius 3 is 2.28 bits per heavy atom. The third kappa shape index (κ3) is 4.09. The maximum atomic E-state index is 13.1. The van der Waals surface area contributed by atoms with Crippen molar-refractivity contribution in [2.24, 2.45) is 0 Å². The van der Waals surface area contributed by atoms with Crippen LogP contribution in [0.3, 0.4) is 0 Å². The van der Waals surface area contributed by atoms with E-state index >= 15 is 0 Å². The summed E-state index contributed by atoms with van der Waals surface area (Å²) in [7, 11) is 4.62.